The Morgan fingerprint density at radius 3 is 2.74 bits per heavy atom. The summed E-state index contributed by atoms with van der Waals surface area (Å²) in [6.07, 6.45) is 1.71. The highest BCUT2D eigenvalue weighted by molar-refractivity contribution is 9.10. The molecule has 2 aromatic heterocycles. The second-order valence-electron chi connectivity index (χ2n) is 4.00. The largest absolute Gasteiger partial charge is 0.380 e. The van der Waals surface area contributed by atoms with Crippen molar-refractivity contribution in [1.82, 2.24) is 10.1 Å². The van der Waals surface area contributed by atoms with Gasteiger partial charge < -0.3 is 10.3 Å². The van der Waals surface area contributed by atoms with Gasteiger partial charge in [0.1, 0.15) is 0 Å². The van der Waals surface area contributed by atoms with Gasteiger partial charge in [0.15, 0.2) is 11.6 Å². The van der Waals surface area contributed by atoms with Gasteiger partial charge in [0.2, 0.25) is 0 Å². The van der Waals surface area contributed by atoms with E-state index in [-0.39, 0.29) is 0 Å². The van der Waals surface area contributed by atoms with Crippen LogP contribution in [0.4, 0.5) is 5.82 Å². The molecule has 3 aromatic rings. The van der Waals surface area contributed by atoms with Crippen molar-refractivity contribution in [3.63, 3.8) is 0 Å². The number of rotatable bonds is 2. The SMILES string of the molecule is Nc1noc(-c2cccc(Br)c2)c1-c1ccccn1. The Morgan fingerprint density at radius 2 is 2.00 bits per heavy atom. The van der Waals surface area contributed by atoms with Crippen LogP contribution in [-0.2, 0) is 0 Å². The number of halogens is 1. The molecule has 0 fully saturated rings. The number of benzene rings is 1. The fraction of sp³-hybridized carbons (Fsp3) is 0. The van der Waals surface area contributed by atoms with Gasteiger partial charge in [-0.2, -0.15) is 0 Å². The summed E-state index contributed by atoms with van der Waals surface area (Å²) in [5.41, 5.74) is 8.26. The van der Waals surface area contributed by atoms with Crippen LogP contribution in [0.15, 0.2) is 57.7 Å². The van der Waals surface area contributed by atoms with Gasteiger partial charge in [0, 0.05) is 16.2 Å². The highest BCUT2D eigenvalue weighted by Crippen LogP contribution is 2.36. The van der Waals surface area contributed by atoms with E-state index in [0.717, 1.165) is 21.3 Å². The maximum atomic E-state index is 5.89. The molecule has 0 saturated heterocycles. The summed E-state index contributed by atoms with van der Waals surface area (Å²) in [7, 11) is 0. The van der Waals surface area contributed by atoms with Crippen LogP contribution in [0, 0.1) is 0 Å². The molecular formula is C14H10BrN3O. The average molecular weight is 316 g/mol. The van der Waals surface area contributed by atoms with Gasteiger partial charge in [-0.15, -0.1) is 0 Å². The summed E-state index contributed by atoms with van der Waals surface area (Å²) in [4.78, 5) is 4.30. The van der Waals surface area contributed by atoms with Crippen molar-refractivity contribution in [1.29, 1.82) is 0 Å². The first-order valence-electron chi connectivity index (χ1n) is 5.68. The second kappa shape index (κ2) is 4.85. The van der Waals surface area contributed by atoms with Gasteiger partial charge in [-0.3, -0.25) is 4.98 Å². The molecule has 0 aliphatic rings. The maximum Gasteiger partial charge on any atom is 0.178 e. The molecular weight excluding hydrogens is 306 g/mol. The quantitative estimate of drug-likeness (QED) is 0.782. The lowest BCUT2D eigenvalue weighted by Crippen LogP contribution is -1.90. The van der Waals surface area contributed by atoms with Gasteiger partial charge in [0.05, 0.1) is 11.3 Å². The molecule has 0 amide bonds. The number of nitrogens with two attached hydrogens (primary N) is 1. The molecule has 0 bridgehead atoms. The fourth-order valence-corrected chi connectivity index (χ4v) is 2.29. The molecule has 5 heteroatoms. The van der Waals surface area contributed by atoms with Crippen molar-refractivity contribution >= 4 is 21.7 Å². The van der Waals surface area contributed by atoms with Crippen LogP contribution >= 0.6 is 15.9 Å². The van der Waals surface area contributed by atoms with Crippen molar-refractivity contribution in [2.75, 3.05) is 5.73 Å². The predicted molar refractivity (Wildman–Crippen MR) is 77.3 cm³/mol. The molecule has 0 aliphatic carbocycles. The van der Waals surface area contributed by atoms with Crippen LogP contribution in [0.25, 0.3) is 22.6 Å². The number of pyridine rings is 1. The van der Waals surface area contributed by atoms with E-state index in [0.29, 0.717) is 11.6 Å². The molecule has 3 rings (SSSR count). The van der Waals surface area contributed by atoms with Gasteiger partial charge in [0.25, 0.3) is 0 Å². The van der Waals surface area contributed by atoms with Crippen molar-refractivity contribution in [2.45, 2.75) is 0 Å². The minimum atomic E-state index is 0.341. The van der Waals surface area contributed by atoms with E-state index in [9.17, 15) is 0 Å². The Labute approximate surface area is 118 Å². The zero-order valence-corrected chi connectivity index (χ0v) is 11.5. The average Bonchev–Trinajstić information content (AvgIpc) is 2.82. The number of nitrogens with zero attached hydrogens (tertiary/aromatic N) is 2. The molecule has 0 saturated carbocycles. The van der Waals surface area contributed by atoms with E-state index in [1.807, 2.05) is 42.5 Å². The monoisotopic (exact) mass is 315 g/mol. The third-order valence-corrected chi connectivity index (χ3v) is 3.22. The highest BCUT2D eigenvalue weighted by Gasteiger charge is 2.18. The van der Waals surface area contributed by atoms with Crippen LogP contribution in [-0.4, -0.2) is 10.1 Å². The van der Waals surface area contributed by atoms with Crippen molar-refractivity contribution < 1.29 is 4.52 Å². The first kappa shape index (κ1) is 11.9. The highest BCUT2D eigenvalue weighted by atomic mass is 79.9. The second-order valence-corrected chi connectivity index (χ2v) is 4.91. The molecule has 1 aromatic carbocycles. The molecule has 0 atom stereocenters. The lowest BCUT2D eigenvalue weighted by Gasteiger charge is -2.02. The van der Waals surface area contributed by atoms with Crippen LogP contribution in [0.2, 0.25) is 0 Å². The number of anilines is 1. The van der Waals surface area contributed by atoms with Crippen molar-refractivity contribution in [2.24, 2.45) is 0 Å². The molecule has 94 valence electrons. The minimum absolute atomic E-state index is 0.341. The third-order valence-electron chi connectivity index (χ3n) is 2.73. The van der Waals surface area contributed by atoms with E-state index in [1.165, 1.54) is 0 Å². The Morgan fingerprint density at radius 1 is 1.11 bits per heavy atom. The van der Waals surface area contributed by atoms with E-state index < -0.39 is 0 Å². The first-order chi connectivity index (χ1) is 9.25. The Hall–Kier alpha value is -2.14. The summed E-state index contributed by atoms with van der Waals surface area (Å²) < 4.78 is 6.32. The topological polar surface area (TPSA) is 64.9 Å². The van der Waals surface area contributed by atoms with E-state index in [1.54, 1.807) is 6.20 Å². The summed E-state index contributed by atoms with van der Waals surface area (Å²) >= 11 is 3.44. The molecule has 0 unspecified atom stereocenters. The fourth-order valence-electron chi connectivity index (χ4n) is 1.89. The van der Waals surface area contributed by atoms with Crippen LogP contribution < -0.4 is 5.73 Å². The predicted octanol–water partition coefficient (Wildman–Crippen LogP) is 3.75. The maximum absolute atomic E-state index is 5.89. The van der Waals surface area contributed by atoms with Crippen LogP contribution in [0.1, 0.15) is 0 Å². The van der Waals surface area contributed by atoms with E-state index in [4.69, 9.17) is 10.3 Å². The van der Waals surface area contributed by atoms with Crippen molar-refractivity contribution in [3.05, 3.63) is 53.1 Å². The molecule has 0 aliphatic heterocycles. The van der Waals surface area contributed by atoms with Gasteiger partial charge in [-0.05, 0) is 24.3 Å². The molecule has 19 heavy (non-hydrogen) atoms. The van der Waals surface area contributed by atoms with Gasteiger partial charge in [-0.25, -0.2) is 0 Å². The standard InChI is InChI=1S/C14H10BrN3O/c15-10-5-3-4-9(8-10)13-12(14(16)18-19-13)11-6-1-2-7-17-11/h1-8H,(H2,16,18). The lowest BCUT2D eigenvalue weighted by atomic mass is 10.1. The van der Waals surface area contributed by atoms with E-state index >= 15 is 0 Å². The van der Waals surface area contributed by atoms with Crippen LogP contribution in [0.3, 0.4) is 0 Å². The number of hydrogen-bond donors (Lipinski definition) is 1. The smallest absolute Gasteiger partial charge is 0.178 e. The summed E-state index contributed by atoms with van der Waals surface area (Å²) in [5, 5.41) is 3.85. The van der Waals surface area contributed by atoms with Gasteiger partial charge >= 0.3 is 0 Å². The summed E-state index contributed by atoms with van der Waals surface area (Å²) in [5.74, 6) is 0.964. The van der Waals surface area contributed by atoms with Gasteiger partial charge in [-0.1, -0.05) is 39.3 Å². The first-order valence-corrected chi connectivity index (χ1v) is 6.47. The summed E-state index contributed by atoms with van der Waals surface area (Å²) in [6, 6.07) is 13.4. The lowest BCUT2D eigenvalue weighted by molar-refractivity contribution is 0.436. The zero-order chi connectivity index (χ0) is 13.2. The van der Waals surface area contributed by atoms with E-state index in [2.05, 4.69) is 26.1 Å². The Bertz CT molecular complexity index is 710. The minimum Gasteiger partial charge on any atom is -0.380 e. The molecule has 2 N–H and O–H groups in total. The summed E-state index contributed by atoms with van der Waals surface area (Å²) in [6.45, 7) is 0. The molecule has 4 nitrogen and oxygen atoms in total. The van der Waals surface area contributed by atoms with Crippen molar-refractivity contribution in [3.8, 4) is 22.6 Å². The number of aromatic nitrogens is 2. The van der Waals surface area contributed by atoms with Crippen LogP contribution in [0.5, 0.6) is 0 Å². The Kier molecular flexibility index (Phi) is 3.05. The molecule has 0 spiro atoms. The number of hydrogen-bond acceptors (Lipinski definition) is 4. The normalized spacial score (nSPS) is 10.6. The number of nitrogen functional groups attached to an aromatic ring is 1. The third kappa shape index (κ3) is 2.24. The molecule has 2 heterocycles. The zero-order valence-electron chi connectivity index (χ0n) is 9.88. The Balaban J connectivity index is 2.19. The molecule has 0 radical (unpaired) electrons.